The van der Waals surface area contributed by atoms with Crippen molar-refractivity contribution in [2.45, 2.75) is 5.92 Å². The molecule has 0 aromatic heterocycles. The Balaban J connectivity index is 3.06. The number of ether oxygens (including phenoxy) is 2. The van der Waals surface area contributed by atoms with E-state index >= 15 is 0 Å². The van der Waals surface area contributed by atoms with Crippen molar-refractivity contribution in [3.63, 3.8) is 0 Å². The van der Waals surface area contributed by atoms with Crippen LogP contribution in [0.3, 0.4) is 0 Å². The lowest BCUT2D eigenvalue weighted by Crippen LogP contribution is -2.13. The quantitative estimate of drug-likeness (QED) is 0.733. The lowest BCUT2D eigenvalue weighted by molar-refractivity contribution is -0.108. The van der Waals surface area contributed by atoms with Crippen LogP contribution in [0.5, 0.6) is 11.5 Å². The highest BCUT2D eigenvalue weighted by Crippen LogP contribution is 2.29. The fourth-order valence-corrected chi connectivity index (χ4v) is 1.35. The molecule has 2 N–H and O–H groups in total. The van der Waals surface area contributed by atoms with Crippen molar-refractivity contribution in [1.29, 1.82) is 0 Å². The predicted octanol–water partition coefficient (Wildman–Crippen LogP) is 0.945. The van der Waals surface area contributed by atoms with Crippen LogP contribution in [0.1, 0.15) is 11.5 Å². The van der Waals surface area contributed by atoms with Gasteiger partial charge >= 0.3 is 0 Å². The number of benzene rings is 1. The van der Waals surface area contributed by atoms with Crippen LogP contribution in [0.4, 0.5) is 0 Å². The van der Waals surface area contributed by atoms with Gasteiger partial charge in [0.15, 0.2) is 11.5 Å². The van der Waals surface area contributed by atoms with Crippen molar-refractivity contribution < 1.29 is 14.3 Å². The normalized spacial score (nSPS) is 11.9. The SMILES string of the molecule is COc1ccc(C(C=O)CN)cc1OC. The molecule has 0 heterocycles. The Bertz CT molecular complexity index is 339. The van der Waals surface area contributed by atoms with Crippen LogP contribution < -0.4 is 15.2 Å². The van der Waals surface area contributed by atoms with E-state index in [2.05, 4.69) is 0 Å². The second kappa shape index (κ2) is 5.36. The fourth-order valence-electron chi connectivity index (χ4n) is 1.35. The zero-order valence-corrected chi connectivity index (χ0v) is 8.90. The summed E-state index contributed by atoms with van der Waals surface area (Å²) in [5.74, 6) is 0.961. The summed E-state index contributed by atoms with van der Waals surface area (Å²) in [6.07, 6.45) is 0.835. The molecule has 0 fully saturated rings. The zero-order chi connectivity index (χ0) is 11.3. The molecule has 0 saturated heterocycles. The first-order valence-corrected chi connectivity index (χ1v) is 4.64. The van der Waals surface area contributed by atoms with Gasteiger partial charge in [0.2, 0.25) is 0 Å². The van der Waals surface area contributed by atoms with E-state index in [1.165, 1.54) is 0 Å². The first kappa shape index (κ1) is 11.5. The van der Waals surface area contributed by atoms with Gasteiger partial charge in [-0.1, -0.05) is 6.07 Å². The molecule has 82 valence electrons. The van der Waals surface area contributed by atoms with Crippen LogP contribution in [0, 0.1) is 0 Å². The highest BCUT2D eigenvalue weighted by atomic mass is 16.5. The number of carbonyl (C=O) groups excluding carboxylic acids is 1. The number of rotatable bonds is 5. The van der Waals surface area contributed by atoms with Crippen molar-refractivity contribution in [3.8, 4) is 11.5 Å². The Morgan fingerprint density at radius 3 is 2.47 bits per heavy atom. The van der Waals surface area contributed by atoms with Gasteiger partial charge in [-0.2, -0.15) is 0 Å². The van der Waals surface area contributed by atoms with E-state index in [-0.39, 0.29) is 5.92 Å². The minimum atomic E-state index is -0.287. The average Bonchev–Trinajstić information content (AvgIpc) is 2.30. The van der Waals surface area contributed by atoms with E-state index < -0.39 is 0 Å². The molecule has 0 amide bonds. The Morgan fingerprint density at radius 1 is 1.33 bits per heavy atom. The molecule has 4 heteroatoms. The maximum absolute atomic E-state index is 10.7. The van der Waals surface area contributed by atoms with Crippen LogP contribution in [-0.2, 0) is 4.79 Å². The largest absolute Gasteiger partial charge is 0.493 e. The van der Waals surface area contributed by atoms with Gasteiger partial charge in [0.05, 0.1) is 20.1 Å². The molecule has 1 unspecified atom stereocenters. The van der Waals surface area contributed by atoms with E-state index in [9.17, 15) is 4.79 Å². The minimum Gasteiger partial charge on any atom is -0.493 e. The number of aldehydes is 1. The Labute approximate surface area is 89.0 Å². The van der Waals surface area contributed by atoms with Gasteiger partial charge in [-0.15, -0.1) is 0 Å². The number of carbonyl (C=O) groups is 1. The van der Waals surface area contributed by atoms with Crippen molar-refractivity contribution in [1.82, 2.24) is 0 Å². The van der Waals surface area contributed by atoms with Crippen LogP contribution in [-0.4, -0.2) is 27.1 Å². The molecule has 0 spiro atoms. The van der Waals surface area contributed by atoms with Crippen molar-refractivity contribution in [3.05, 3.63) is 23.8 Å². The second-order valence-corrected chi connectivity index (χ2v) is 3.09. The van der Waals surface area contributed by atoms with Crippen molar-refractivity contribution in [2.75, 3.05) is 20.8 Å². The third-order valence-corrected chi connectivity index (χ3v) is 2.25. The Hall–Kier alpha value is -1.55. The van der Waals surface area contributed by atoms with E-state index in [0.29, 0.717) is 18.0 Å². The maximum atomic E-state index is 10.7. The summed E-state index contributed by atoms with van der Waals surface area (Å²) in [7, 11) is 3.12. The molecule has 1 rings (SSSR count). The van der Waals surface area contributed by atoms with Crippen molar-refractivity contribution >= 4 is 6.29 Å². The van der Waals surface area contributed by atoms with E-state index in [1.807, 2.05) is 6.07 Å². The summed E-state index contributed by atoms with van der Waals surface area (Å²) in [5, 5.41) is 0. The van der Waals surface area contributed by atoms with Crippen molar-refractivity contribution in [2.24, 2.45) is 5.73 Å². The summed E-state index contributed by atoms with van der Waals surface area (Å²) < 4.78 is 10.2. The molecule has 15 heavy (non-hydrogen) atoms. The van der Waals surface area contributed by atoms with Gasteiger partial charge in [0.25, 0.3) is 0 Å². The molecule has 0 aliphatic rings. The molecule has 0 bridgehead atoms. The average molecular weight is 209 g/mol. The lowest BCUT2D eigenvalue weighted by Gasteiger charge is -2.12. The maximum Gasteiger partial charge on any atom is 0.161 e. The highest BCUT2D eigenvalue weighted by molar-refractivity contribution is 5.63. The molecule has 0 saturated carbocycles. The molecule has 1 aromatic carbocycles. The molecule has 1 aromatic rings. The van der Waals surface area contributed by atoms with Gasteiger partial charge in [-0.3, -0.25) is 0 Å². The summed E-state index contributed by atoms with van der Waals surface area (Å²) in [4.78, 5) is 10.7. The molecule has 4 nitrogen and oxygen atoms in total. The molecule has 0 aliphatic carbocycles. The Kier molecular flexibility index (Phi) is 4.12. The molecule has 0 radical (unpaired) electrons. The van der Waals surface area contributed by atoms with Crippen LogP contribution in [0.25, 0.3) is 0 Å². The van der Waals surface area contributed by atoms with Crippen LogP contribution in [0.2, 0.25) is 0 Å². The minimum absolute atomic E-state index is 0.287. The summed E-state index contributed by atoms with van der Waals surface area (Å²) >= 11 is 0. The predicted molar refractivity (Wildman–Crippen MR) is 57.4 cm³/mol. The van der Waals surface area contributed by atoms with Gasteiger partial charge in [0.1, 0.15) is 6.29 Å². The number of methoxy groups -OCH3 is 2. The number of hydrogen-bond donors (Lipinski definition) is 1. The lowest BCUT2D eigenvalue weighted by atomic mass is 10.0. The summed E-state index contributed by atoms with van der Waals surface area (Å²) in [6.45, 7) is 0.291. The van der Waals surface area contributed by atoms with Gasteiger partial charge in [-0.05, 0) is 17.7 Å². The third-order valence-electron chi connectivity index (χ3n) is 2.25. The number of nitrogens with two attached hydrogens (primary N) is 1. The third kappa shape index (κ3) is 2.47. The van der Waals surface area contributed by atoms with E-state index in [4.69, 9.17) is 15.2 Å². The van der Waals surface area contributed by atoms with Crippen LogP contribution >= 0.6 is 0 Å². The van der Waals surface area contributed by atoms with Crippen LogP contribution in [0.15, 0.2) is 18.2 Å². The highest BCUT2D eigenvalue weighted by Gasteiger charge is 2.11. The molecule has 1 atom stereocenters. The van der Waals surface area contributed by atoms with E-state index in [1.54, 1.807) is 26.4 Å². The van der Waals surface area contributed by atoms with Gasteiger partial charge < -0.3 is 20.0 Å². The first-order valence-electron chi connectivity index (χ1n) is 4.64. The Morgan fingerprint density at radius 2 is 2.00 bits per heavy atom. The first-order chi connectivity index (χ1) is 7.26. The van der Waals surface area contributed by atoms with Gasteiger partial charge in [0, 0.05) is 6.54 Å². The standard InChI is InChI=1S/C11H15NO3/c1-14-10-4-3-8(5-11(10)15-2)9(6-12)7-13/h3-5,7,9H,6,12H2,1-2H3. The second-order valence-electron chi connectivity index (χ2n) is 3.09. The molecular weight excluding hydrogens is 194 g/mol. The van der Waals surface area contributed by atoms with E-state index in [0.717, 1.165) is 11.8 Å². The topological polar surface area (TPSA) is 61.5 Å². The monoisotopic (exact) mass is 209 g/mol. The van der Waals surface area contributed by atoms with Gasteiger partial charge in [-0.25, -0.2) is 0 Å². The smallest absolute Gasteiger partial charge is 0.161 e. The summed E-state index contributed by atoms with van der Waals surface area (Å²) in [5.41, 5.74) is 6.31. The molecular formula is C11H15NO3. The fraction of sp³-hybridized carbons (Fsp3) is 0.364. The number of hydrogen-bond acceptors (Lipinski definition) is 4. The molecule has 0 aliphatic heterocycles. The summed E-state index contributed by atoms with van der Waals surface area (Å²) in [6, 6.07) is 5.35. The zero-order valence-electron chi connectivity index (χ0n) is 8.90.